The Morgan fingerprint density at radius 3 is 2.68 bits per heavy atom. The monoisotopic (exact) mass is 338 g/mol. The number of anilines is 2. The number of halogens is 1. The topological polar surface area (TPSA) is 59.0 Å². The van der Waals surface area contributed by atoms with Gasteiger partial charge in [-0.05, 0) is 29.8 Å². The summed E-state index contributed by atoms with van der Waals surface area (Å²) >= 11 is 0. The van der Waals surface area contributed by atoms with E-state index in [1.54, 1.807) is 23.0 Å². The Labute approximate surface area is 145 Å². The highest BCUT2D eigenvalue weighted by Gasteiger charge is 2.09. The molecular formula is C19H19FN4O. The van der Waals surface area contributed by atoms with E-state index in [-0.39, 0.29) is 18.0 Å². The van der Waals surface area contributed by atoms with Crippen LogP contribution in [0.5, 0.6) is 0 Å². The Balaban J connectivity index is 1.65. The lowest BCUT2D eigenvalue weighted by Gasteiger charge is -2.11. The highest BCUT2D eigenvalue weighted by atomic mass is 19.1. The van der Waals surface area contributed by atoms with E-state index in [0.717, 1.165) is 16.9 Å². The largest absolute Gasteiger partial charge is 0.379 e. The molecule has 0 bridgehead atoms. The maximum Gasteiger partial charge on any atom is 0.228 e. The molecule has 1 heterocycles. The number of rotatable bonds is 6. The second-order valence-electron chi connectivity index (χ2n) is 5.70. The lowest BCUT2D eigenvalue weighted by atomic mass is 10.1. The van der Waals surface area contributed by atoms with Gasteiger partial charge >= 0.3 is 0 Å². The summed E-state index contributed by atoms with van der Waals surface area (Å²) in [4.78, 5) is 12.1. The summed E-state index contributed by atoms with van der Waals surface area (Å²) in [6, 6.07) is 15.8. The van der Waals surface area contributed by atoms with Crippen LogP contribution < -0.4 is 10.6 Å². The van der Waals surface area contributed by atoms with Crippen LogP contribution in [-0.2, 0) is 24.8 Å². The zero-order valence-corrected chi connectivity index (χ0v) is 13.9. The predicted octanol–water partition coefficient (Wildman–Crippen LogP) is 3.35. The Hall–Kier alpha value is -3.15. The summed E-state index contributed by atoms with van der Waals surface area (Å²) in [6.45, 7) is 0.555. The van der Waals surface area contributed by atoms with Gasteiger partial charge in [-0.3, -0.25) is 9.48 Å². The van der Waals surface area contributed by atoms with Gasteiger partial charge in [0.1, 0.15) is 5.82 Å². The number of nitrogens with one attached hydrogen (secondary N) is 2. The van der Waals surface area contributed by atoms with Crippen molar-refractivity contribution in [3.63, 3.8) is 0 Å². The number of carbonyl (C=O) groups excluding carboxylic acids is 1. The lowest BCUT2D eigenvalue weighted by molar-refractivity contribution is -0.115. The second-order valence-corrected chi connectivity index (χ2v) is 5.70. The Bertz CT molecular complexity index is 861. The number of carbonyl (C=O) groups is 1. The zero-order valence-electron chi connectivity index (χ0n) is 13.9. The van der Waals surface area contributed by atoms with Crippen LogP contribution in [0.4, 0.5) is 15.8 Å². The number of hydrogen-bond donors (Lipinski definition) is 2. The van der Waals surface area contributed by atoms with Crippen LogP contribution in [0.1, 0.15) is 11.3 Å². The number of amides is 1. The summed E-state index contributed by atoms with van der Waals surface area (Å²) in [7, 11) is 1.86. The molecule has 0 aliphatic carbocycles. The standard InChI is InChI=1S/C19H19FN4O/c1-24-16(9-10-22-24)13-21-15-7-8-17(20)18(12-15)23-19(25)11-14-5-3-2-4-6-14/h2-10,12,21H,11,13H2,1H3,(H,23,25). The molecule has 128 valence electrons. The van der Waals surface area contributed by atoms with Crippen LogP contribution in [0.25, 0.3) is 0 Å². The van der Waals surface area contributed by atoms with Gasteiger partial charge in [0.25, 0.3) is 0 Å². The molecule has 1 aromatic heterocycles. The fourth-order valence-electron chi connectivity index (χ4n) is 2.47. The van der Waals surface area contributed by atoms with Gasteiger partial charge in [0, 0.05) is 18.9 Å². The predicted molar refractivity (Wildman–Crippen MR) is 95.7 cm³/mol. The molecule has 2 N–H and O–H groups in total. The molecular weight excluding hydrogens is 319 g/mol. The molecule has 6 heteroatoms. The van der Waals surface area contributed by atoms with Crippen LogP contribution >= 0.6 is 0 Å². The molecule has 0 fully saturated rings. The highest BCUT2D eigenvalue weighted by Crippen LogP contribution is 2.20. The summed E-state index contributed by atoms with van der Waals surface area (Å²) < 4.78 is 15.8. The van der Waals surface area contributed by atoms with Gasteiger partial charge in [0.2, 0.25) is 5.91 Å². The van der Waals surface area contributed by atoms with E-state index in [0.29, 0.717) is 6.54 Å². The quantitative estimate of drug-likeness (QED) is 0.725. The molecule has 0 spiro atoms. The molecule has 0 aliphatic heterocycles. The molecule has 2 aromatic carbocycles. The summed E-state index contributed by atoms with van der Waals surface area (Å²) in [5, 5.41) is 9.93. The Kier molecular flexibility index (Phi) is 5.09. The third-order valence-corrected chi connectivity index (χ3v) is 3.84. The summed E-state index contributed by atoms with van der Waals surface area (Å²) in [5.41, 5.74) is 2.76. The van der Waals surface area contributed by atoms with E-state index in [1.807, 2.05) is 43.4 Å². The molecule has 0 aliphatic rings. The first kappa shape index (κ1) is 16.7. The minimum absolute atomic E-state index is 0.163. The molecule has 1 amide bonds. The first-order chi connectivity index (χ1) is 12.1. The third kappa shape index (κ3) is 4.44. The first-order valence-electron chi connectivity index (χ1n) is 7.96. The van der Waals surface area contributed by atoms with Crippen LogP contribution in [0.15, 0.2) is 60.8 Å². The lowest BCUT2D eigenvalue weighted by Crippen LogP contribution is -2.15. The Morgan fingerprint density at radius 1 is 1.16 bits per heavy atom. The number of benzene rings is 2. The molecule has 0 saturated heterocycles. The van der Waals surface area contributed by atoms with E-state index in [1.165, 1.54) is 6.07 Å². The van der Waals surface area contributed by atoms with Gasteiger partial charge in [-0.25, -0.2) is 4.39 Å². The van der Waals surface area contributed by atoms with Crippen molar-refractivity contribution in [3.8, 4) is 0 Å². The number of aryl methyl sites for hydroxylation is 1. The molecule has 0 radical (unpaired) electrons. The first-order valence-corrected chi connectivity index (χ1v) is 7.96. The number of aromatic nitrogens is 2. The maximum atomic E-state index is 14.0. The average molecular weight is 338 g/mol. The number of hydrogen-bond acceptors (Lipinski definition) is 3. The van der Waals surface area contributed by atoms with Crippen molar-refractivity contribution < 1.29 is 9.18 Å². The van der Waals surface area contributed by atoms with Crippen LogP contribution in [-0.4, -0.2) is 15.7 Å². The van der Waals surface area contributed by atoms with Crippen LogP contribution in [0, 0.1) is 5.82 Å². The fourth-order valence-corrected chi connectivity index (χ4v) is 2.47. The van der Waals surface area contributed by atoms with Crippen LogP contribution in [0.2, 0.25) is 0 Å². The molecule has 0 unspecified atom stereocenters. The molecule has 0 saturated carbocycles. The van der Waals surface area contributed by atoms with Crippen molar-refractivity contribution in [2.24, 2.45) is 7.05 Å². The van der Waals surface area contributed by atoms with Crippen molar-refractivity contribution in [2.75, 3.05) is 10.6 Å². The van der Waals surface area contributed by atoms with Crippen molar-refractivity contribution in [3.05, 3.63) is 77.9 Å². The van der Waals surface area contributed by atoms with Crippen LogP contribution in [0.3, 0.4) is 0 Å². The van der Waals surface area contributed by atoms with Crippen molar-refractivity contribution in [1.29, 1.82) is 0 Å². The summed E-state index contributed by atoms with van der Waals surface area (Å²) in [6.07, 6.45) is 1.92. The van der Waals surface area contributed by atoms with Gasteiger partial charge in [-0.1, -0.05) is 30.3 Å². The molecule has 25 heavy (non-hydrogen) atoms. The molecule has 3 aromatic rings. The SMILES string of the molecule is Cn1nccc1CNc1ccc(F)c(NC(=O)Cc2ccccc2)c1. The van der Waals surface area contributed by atoms with Gasteiger partial charge in [0.05, 0.1) is 24.3 Å². The fraction of sp³-hybridized carbons (Fsp3) is 0.158. The van der Waals surface area contributed by atoms with Gasteiger partial charge in [0.15, 0.2) is 0 Å². The summed E-state index contributed by atoms with van der Waals surface area (Å²) in [5.74, 6) is -0.721. The maximum absolute atomic E-state index is 14.0. The average Bonchev–Trinajstić information content (AvgIpc) is 3.01. The zero-order chi connectivity index (χ0) is 17.6. The Morgan fingerprint density at radius 2 is 1.96 bits per heavy atom. The number of nitrogens with zero attached hydrogens (tertiary/aromatic N) is 2. The second kappa shape index (κ2) is 7.61. The van der Waals surface area contributed by atoms with E-state index in [2.05, 4.69) is 15.7 Å². The minimum atomic E-state index is -0.465. The minimum Gasteiger partial charge on any atom is -0.379 e. The normalized spacial score (nSPS) is 10.5. The molecule has 5 nitrogen and oxygen atoms in total. The van der Waals surface area contributed by atoms with E-state index in [9.17, 15) is 9.18 Å². The molecule has 3 rings (SSSR count). The third-order valence-electron chi connectivity index (χ3n) is 3.84. The smallest absolute Gasteiger partial charge is 0.228 e. The van der Waals surface area contributed by atoms with E-state index in [4.69, 9.17) is 0 Å². The van der Waals surface area contributed by atoms with Gasteiger partial charge in [-0.15, -0.1) is 0 Å². The van der Waals surface area contributed by atoms with Gasteiger partial charge in [-0.2, -0.15) is 5.10 Å². The molecule has 0 atom stereocenters. The van der Waals surface area contributed by atoms with Crippen molar-refractivity contribution >= 4 is 17.3 Å². The van der Waals surface area contributed by atoms with E-state index >= 15 is 0 Å². The van der Waals surface area contributed by atoms with E-state index < -0.39 is 5.82 Å². The van der Waals surface area contributed by atoms with Crippen molar-refractivity contribution in [1.82, 2.24) is 9.78 Å². The van der Waals surface area contributed by atoms with Crippen molar-refractivity contribution in [2.45, 2.75) is 13.0 Å². The van der Waals surface area contributed by atoms with Gasteiger partial charge < -0.3 is 10.6 Å². The highest BCUT2D eigenvalue weighted by molar-refractivity contribution is 5.92.